The van der Waals surface area contributed by atoms with E-state index >= 15 is 0 Å². The zero-order valence-corrected chi connectivity index (χ0v) is 13.6. The molecular formula is C14H11IN2O2S. The van der Waals surface area contributed by atoms with Crippen LogP contribution in [-0.2, 0) is 10.0 Å². The maximum absolute atomic E-state index is 12.8. The molecule has 0 aliphatic heterocycles. The van der Waals surface area contributed by atoms with Crippen molar-refractivity contribution in [3.05, 3.63) is 57.9 Å². The topological polar surface area (TPSA) is 52.0 Å². The normalized spacial score (nSPS) is 11.9. The molecule has 20 heavy (non-hydrogen) atoms. The highest BCUT2D eigenvalue weighted by atomic mass is 127. The summed E-state index contributed by atoms with van der Waals surface area (Å²) in [5.41, 5.74) is 1.48. The Hall–Kier alpha value is -1.41. The second-order valence-corrected chi connectivity index (χ2v) is 7.36. The summed E-state index contributed by atoms with van der Waals surface area (Å²) in [6.45, 7) is 1.92. The highest BCUT2D eigenvalue weighted by molar-refractivity contribution is 14.1. The van der Waals surface area contributed by atoms with Crippen LogP contribution in [0.2, 0.25) is 0 Å². The Morgan fingerprint density at radius 2 is 1.85 bits per heavy atom. The average Bonchev–Trinajstić information content (AvgIpc) is 2.75. The number of halogens is 1. The van der Waals surface area contributed by atoms with Crippen LogP contribution in [0.1, 0.15) is 5.56 Å². The van der Waals surface area contributed by atoms with Crippen molar-refractivity contribution in [1.29, 1.82) is 0 Å². The molecule has 2 aromatic heterocycles. The monoisotopic (exact) mass is 398 g/mol. The third kappa shape index (κ3) is 2.12. The summed E-state index contributed by atoms with van der Waals surface area (Å²) in [6, 6.07) is 12.3. The third-order valence-corrected chi connectivity index (χ3v) is 5.88. The summed E-state index contributed by atoms with van der Waals surface area (Å²) in [5, 5.41) is 0.813. The molecule has 1 aromatic carbocycles. The van der Waals surface area contributed by atoms with E-state index in [0.29, 0.717) is 9.35 Å². The van der Waals surface area contributed by atoms with Gasteiger partial charge < -0.3 is 0 Å². The Morgan fingerprint density at radius 1 is 1.15 bits per heavy atom. The Morgan fingerprint density at radius 3 is 2.55 bits per heavy atom. The zero-order valence-electron chi connectivity index (χ0n) is 10.6. The molecular weight excluding hydrogens is 387 g/mol. The minimum absolute atomic E-state index is 0.268. The first-order valence-corrected chi connectivity index (χ1v) is 8.46. The summed E-state index contributed by atoms with van der Waals surface area (Å²) >= 11 is 2.02. The van der Waals surface area contributed by atoms with Crippen molar-refractivity contribution in [2.75, 3.05) is 0 Å². The maximum atomic E-state index is 12.8. The van der Waals surface area contributed by atoms with Gasteiger partial charge in [0.1, 0.15) is 0 Å². The Balaban J connectivity index is 2.29. The van der Waals surface area contributed by atoms with Gasteiger partial charge in [0.25, 0.3) is 10.0 Å². The van der Waals surface area contributed by atoms with E-state index in [-0.39, 0.29) is 4.90 Å². The summed E-state index contributed by atoms with van der Waals surface area (Å²) in [5.74, 6) is 0. The molecule has 0 atom stereocenters. The lowest BCUT2D eigenvalue weighted by Gasteiger charge is -2.08. The van der Waals surface area contributed by atoms with Crippen LogP contribution in [0.5, 0.6) is 0 Å². The smallest absolute Gasteiger partial charge is 0.237 e. The van der Waals surface area contributed by atoms with E-state index in [4.69, 9.17) is 0 Å². The molecule has 4 nitrogen and oxygen atoms in total. The molecule has 0 saturated heterocycles. The van der Waals surface area contributed by atoms with Crippen LogP contribution < -0.4 is 0 Å². The predicted octanol–water partition coefficient (Wildman–Crippen LogP) is 3.19. The van der Waals surface area contributed by atoms with Crippen molar-refractivity contribution in [2.24, 2.45) is 0 Å². The van der Waals surface area contributed by atoms with Crippen LogP contribution in [-0.4, -0.2) is 17.4 Å². The Bertz CT molecular complexity index is 883. The fourth-order valence-corrected chi connectivity index (χ4v) is 4.72. The Kier molecular flexibility index (Phi) is 3.29. The van der Waals surface area contributed by atoms with Gasteiger partial charge in [0.15, 0.2) is 5.65 Å². The summed E-state index contributed by atoms with van der Waals surface area (Å²) in [4.78, 5) is 4.46. The lowest BCUT2D eigenvalue weighted by molar-refractivity contribution is 0.588. The second kappa shape index (κ2) is 4.85. The van der Waals surface area contributed by atoms with Gasteiger partial charge in [0.05, 0.1) is 8.60 Å². The number of nitrogens with zero attached hydrogens (tertiary/aromatic N) is 2. The van der Waals surface area contributed by atoms with Crippen molar-refractivity contribution >= 4 is 43.6 Å². The summed E-state index contributed by atoms with van der Waals surface area (Å²) < 4.78 is 27.4. The molecule has 0 radical (unpaired) electrons. The zero-order chi connectivity index (χ0) is 14.3. The van der Waals surface area contributed by atoms with Crippen LogP contribution in [0.15, 0.2) is 53.6 Å². The van der Waals surface area contributed by atoms with E-state index in [1.54, 1.807) is 36.5 Å². The average molecular weight is 398 g/mol. The molecule has 0 aliphatic carbocycles. The molecule has 0 N–H and O–H groups in total. The molecule has 0 aliphatic rings. The molecule has 0 saturated carbocycles. The fourth-order valence-electron chi connectivity index (χ4n) is 2.02. The minimum atomic E-state index is -3.62. The molecule has 0 unspecified atom stereocenters. The first-order valence-electron chi connectivity index (χ1n) is 5.94. The highest BCUT2D eigenvalue weighted by Gasteiger charge is 2.22. The van der Waals surface area contributed by atoms with Gasteiger partial charge in [-0.1, -0.05) is 17.7 Å². The largest absolute Gasteiger partial charge is 0.270 e. The Labute approximate surface area is 130 Å². The van der Waals surface area contributed by atoms with Gasteiger partial charge in [0, 0.05) is 11.6 Å². The van der Waals surface area contributed by atoms with E-state index in [2.05, 4.69) is 4.98 Å². The van der Waals surface area contributed by atoms with Crippen LogP contribution in [0.3, 0.4) is 0 Å². The van der Waals surface area contributed by atoms with Crippen LogP contribution >= 0.6 is 22.6 Å². The SMILES string of the molecule is Cc1ccc(S(=O)(=O)n2c(I)cc3cccnc32)cc1. The van der Waals surface area contributed by atoms with Crippen molar-refractivity contribution in [1.82, 2.24) is 8.96 Å². The molecule has 3 aromatic rings. The van der Waals surface area contributed by atoms with Gasteiger partial charge in [-0.3, -0.25) is 0 Å². The molecule has 0 spiro atoms. The number of aryl methyl sites for hydroxylation is 1. The van der Waals surface area contributed by atoms with Gasteiger partial charge >= 0.3 is 0 Å². The number of fused-ring (bicyclic) bond motifs is 1. The van der Waals surface area contributed by atoms with Crippen LogP contribution in [0.4, 0.5) is 0 Å². The van der Waals surface area contributed by atoms with Crippen molar-refractivity contribution < 1.29 is 8.42 Å². The standard InChI is InChI=1S/C14H11IN2O2S/c1-10-4-6-12(7-5-10)20(18,19)17-13(15)9-11-3-2-8-16-14(11)17/h2-9H,1H3. The molecule has 6 heteroatoms. The molecule has 0 amide bonds. The van der Waals surface area contributed by atoms with Crippen LogP contribution in [0.25, 0.3) is 11.0 Å². The first kappa shape index (κ1) is 13.6. The molecule has 0 bridgehead atoms. The van der Waals surface area contributed by atoms with E-state index in [9.17, 15) is 8.42 Å². The quantitative estimate of drug-likeness (QED) is 0.624. The van der Waals surface area contributed by atoms with Crippen LogP contribution in [0, 0.1) is 10.6 Å². The fraction of sp³-hybridized carbons (Fsp3) is 0.0714. The summed E-state index contributed by atoms with van der Waals surface area (Å²) in [7, 11) is -3.62. The molecule has 102 valence electrons. The first-order chi connectivity index (χ1) is 9.50. The number of aromatic nitrogens is 2. The van der Waals surface area contributed by atoms with Gasteiger partial charge in [-0.05, 0) is 59.8 Å². The van der Waals surface area contributed by atoms with Gasteiger partial charge in [-0.2, -0.15) is 0 Å². The minimum Gasteiger partial charge on any atom is -0.237 e. The van der Waals surface area contributed by atoms with Gasteiger partial charge in [-0.15, -0.1) is 0 Å². The van der Waals surface area contributed by atoms with E-state index < -0.39 is 10.0 Å². The predicted molar refractivity (Wildman–Crippen MR) is 86.2 cm³/mol. The van der Waals surface area contributed by atoms with Crippen molar-refractivity contribution in [3.8, 4) is 0 Å². The molecule has 2 heterocycles. The lowest BCUT2D eigenvalue weighted by Crippen LogP contribution is -2.14. The summed E-state index contributed by atoms with van der Waals surface area (Å²) in [6.07, 6.45) is 1.60. The highest BCUT2D eigenvalue weighted by Crippen LogP contribution is 2.25. The van der Waals surface area contributed by atoms with Gasteiger partial charge in [0.2, 0.25) is 0 Å². The van der Waals surface area contributed by atoms with Gasteiger partial charge in [-0.25, -0.2) is 17.4 Å². The molecule has 3 rings (SSSR count). The number of pyridine rings is 1. The second-order valence-electron chi connectivity index (χ2n) is 4.47. The van der Waals surface area contributed by atoms with Crippen molar-refractivity contribution in [2.45, 2.75) is 11.8 Å². The van der Waals surface area contributed by atoms with E-state index in [0.717, 1.165) is 10.9 Å². The lowest BCUT2D eigenvalue weighted by atomic mass is 10.2. The number of rotatable bonds is 2. The van der Waals surface area contributed by atoms with E-state index in [1.165, 1.54) is 3.97 Å². The number of benzene rings is 1. The van der Waals surface area contributed by atoms with Crippen molar-refractivity contribution in [3.63, 3.8) is 0 Å². The third-order valence-electron chi connectivity index (χ3n) is 3.04. The number of hydrogen-bond donors (Lipinski definition) is 0. The number of hydrogen-bond acceptors (Lipinski definition) is 3. The molecule has 0 fully saturated rings. The van der Waals surface area contributed by atoms with E-state index in [1.807, 2.05) is 41.6 Å². The maximum Gasteiger partial charge on any atom is 0.270 e.